The van der Waals surface area contributed by atoms with Crippen molar-refractivity contribution < 1.29 is 4.79 Å². The number of hydrogen-bond donors (Lipinski definition) is 1. The number of nitrogens with zero attached hydrogens (tertiary/aromatic N) is 1. The zero-order valence-corrected chi connectivity index (χ0v) is 10.3. The average Bonchev–Trinajstić information content (AvgIpc) is 2.77. The predicted molar refractivity (Wildman–Crippen MR) is 64.0 cm³/mol. The molecule has 1 N–H and O–H groups in total. The summed E-state index contributed by atoms with van der Waals surface area (Å²) in [4.78, 5) is 14.8. The third-order valence-corrected chi connectivity index (χ3v) is 3.56. The first kappa shape index (κ1) is 12.2. The summed E-state index contributed by atoms with van der Waals surface area (Å²) in [5.74, 6) is 0.185. The lowest BCUT2D eigenvalue weighted by Gasteiger charge is -2.24. The lowest BCUT2D eigenvalue weighted by molar-refractivity contribution is -0.131. The lowest BCUT2D eigenvalue weighted by atomic mass is 10.2. The van der Waals surface area contributed by atoms with E-state index in [0.717, 1.165) is 6.54 Å². The zero-order chi connectivity index (χ0) is 11.3. The summed E-state index contributed by atoms with van der Waals surface area (Å²) in [6.07, 6.45) is 0.558. The van der Waals surface area contributed by atoms with Gasteiger partial charge in [0, 0.05) is 24.9 Å². The van der Waals surface area contributed by atoms with Crippen LogP contribution in [0.2, 0.25) is 0 Å². The van der Waals surface area contributed by atoms with E-state index in [-0.39, 0.29) is 11.9 Å². The van der Waals surface area contributed by atoms with Crippen LogP contribution in [0.4, 0.5) is 0 Å². The Morgan fingerprint density at radius 2 is 2.40 bits per heavy atom. The van der Waals surface area contributed by atoms with E-state index in [1.165, 1.54) is 4.88 Å². The molecule has 0 aromatic carbocycles. The predicted octanol–water partition coefficient (Wildman–Crippen LogP) is 1.88. The Morgan fingerprint density at radius 3 is 2.93 bits per heavy atom. The second-order valence-electron chi connectivity index (χ2n) is 3.55. The van der Waals surface area contributed by atoms with Crippen LogP contribution in [0.5, 0.6) is 0 Å². The summed E-state index contributed by atoms with van der Waals surface area (Å²) in [6.45, 7) is 2.80. The molecule has 1 aromatic rings. The standard InChI is InChI=1S/C11H18N2OS/c1-9(10-5-4-8-15-10)13(3)11(14)6-7-12-2/h4-5,8-9,12H,6-7H2,1-3H3. The van der Waals surface area contributed by atoms with Gasteiger partial charge in [-0.2, -0.15) is 0 Å². The van der Waals surface area contributed by atoms with Crippen LogP contribution in [0.1, 0.15) is 24.3 Å². The maximum atomic E-state index is 11.7. The highest BCUT2D eigenvalue weighted by molar-refractivity contribution is 7.10. The summed E-state index contributed by atoms with van der Waals surface area (Å²) in [7, 11) is 3.72. The molecule has 1 amide bonds. The minimum absolute atomic E-state index is 0.175. The van der Waals surface area contributed by atoms with Crippen LogP contribution in [-0.4, -0.2) is 31.4 Å². The molecule has 1 atom stereocenters. The number of thiophene rings is 1. The Labute approximate surface area is 95.1 Å². The van der Waals surface area contributed by atoms with Gasteiger partial charge < -0.3 is 10.2 Å². The first-order valence-electron chi connectivity index (χ1n) is 5.10. The van der Waals surface area contributed by atoms with Gasteiger partial charge in [-0.25, -0.2) is 0 Å². The highest BCUT2D eigenvalue weighted by Gasteiger charge is 2.17. The average molecular weight is 226 g/mol. The van der Waals surface area contributed by atoms with Crippen molar-refractivity contribution in [1.82, 2.24) is 10.2 Å². The fourth-order valence-electron chi connectivity index (χ4n) is 1.34. The van der Waals surface area contributed by atoms with Crippen molar-refractivity contribution in [2.45, 2.75) is 19.4 Å². The molecule has 1 rings (SSSR count). The van der Waals surface area contributed by atoms with E-state index >= 15 is 0 Å². The summed E-state index contributed by atoms with van der Waals surface area (Å²) in [6, 6.07) is 4.26. The normalized spacial score (nSPS) is 12.5. The first-order valence-corrected chi connectivity index (χ1v) is 5.98. The summed E-state index contributed by atoms with van der Waals surface area (Å²) >= 11 is 1.69. The summed E-state index contributed by atoms with van der Waals surface area (Å²) in [5.41, 5.74) is 0. The van der Waals surface area contributed by atoms with Crippen LogP contribution in [0.3, 0.4) is 0 Å². The second-order valence-corrected chi connectivity index (χ2v) is 4.53. The topological polar surface area (TPSA) is 32.3 Å². The van der Waals surface area contributed by atoms with E-state index in [9.17, 15) is 4.79 Å². The van der Waals surface area contributed by atoms with Crippen LogP contribution in [-0.2, 0) is 4.79 Å². The van der Waals surface area contributed by atoms with E-state index in [1.807, 2.05) is 30.4 Å². The van der Waals surface area contributed by atoms with Crippen LogP contribution in [0.25, 0.3) is 0 Å². The van der Waals surface area contributed by atoms with Gasteiger partial charge in [0.2, 0.25) is 5.91 Å². The fourth-order valence-corrected chi connectivity index (χ4v) is 2.17. The number of hydrogen-bond acceptors (Lipinski definition) is 3. The van der Waals surface area contributed by atoms with Crippen molar-refractivity contribution >= 4 is 17.2 Å². The highest BCUT2D eigenvalue weighted by atomic mass is 32.1. The monoisotopic (exact) mass is 226 g/mol. The number of amides is 1. The van der Waals surface area contributed by atoms with Gasteiger partial charge in [0.05, 0.1) is 6.04 Å². The SMILES string of the molecule is CNCCC(=O)N(C)C(C)c1cccs1. The molecule has 0 aliphatic heterocycles. The van der Waals surface area contributed by atoms with Gasteiger partial charge in [-0.3, -0.25) is 4.79 Å². The largest absolute Gasteiger partial charge is 0.338 e. The fraction of sp³-hybridized carbons (Fsp3) is 0.545. The van der Waals surface area contributed by atoms with Crippen LogP contribution in [0.15, 0.2) is 17.5 Å². The molecule has 0 aliphatic carbocycles. The van der Waals surface area contributed by atoms with E-state index in [4.69, 9.17) is 0 Å². The maximum absolute atomic E-state index is 11.7. The van der Waals surface area contributed by atoms with Gasteiger partial charge >= 0.3 is 0 Å². The minimum Gasteiger partial charge on any atom is -0.338 e. The molecule has 0 spiro atoms. The zero-order valence-electron chi connectivity index (χ0n) is 9.49. The minimum atomic E-state index is 0.175. The van der Waals surface area contributed by atoms with Gasteiger partial charge in [-0.1, -0.05) is 6.07 Å². The van der Waals surface area contributed by atoms with Gasteiger partial charge in [0.15, 0.2) is 0 Å². The molecule has 0 aliphatic rings. The molecule has 0 saturated heterocycles. The first-order chi connectivity index (χ1) is 7.16. The number of carbonyl (C=O) groups is 1. The molecule has 0 saturated carbocycles. The molecule has 0 fully saturated rings. The molecule has 4 heteroatoms. The Hall–Kier alpha value is -0.870. The van der Waals surface area contributed by atoms with Gasteiger partial charge in [-0.05, 0) is 25.4 Å². The van der Waals surface area contributed by atoms with Gasteiger partial charge in [-0.15, -0.1) is 11.3 Å². The molecule has 1 heterocycles. The van der Waals surface area contributed by atoms with E-state index in [1.54, 1.807) is 11.3 Å². The summed E-state index contributed by atoms with van der Waals surface area (Å²) in [5, 5.41) is 5.02. The number of nitrogens with one attached hydrogen (secondary N) is 1. The molecule has 1 unspecified atom stereocenters. The third-order valence-electron chi connectivity index (χ3n) is 2.52. The Morgan fingerprint density at radius 1 is 1.67 bits per heavy atom. The molecular weight excluding hydrogens is 208 g/mol. The highest BCUT2D eigenvalue weighted by Crippen LogP contribution is 2.23. The maximum Gasteiger partial charge on any atom is 0.224 e. The third kappa shape index (κ3) is 3.32. The van der Waals surface area contributed by atoms with Crippen molar-refractivity contribution in [2.24, 2.45) is 0 Å². The molecule has 84 valence electrons. The van der Waals surface area contributed by atoms with Crippen molar-refractivity contribution in [1.29, 1.82) is 0 Å². The quantitative estimate of drug-likeness (QED) is 0.831. The smallest absolute Gasteiger partial charge is 0.224 e. The van der Waals surface area contributed by atoms with Gasteiger partial charge in [0.25, 0.3) is 0 Å². The molecule has 0 radical (unpaired) electrons. The molecule has 1 aromatic heterocycles. The molecular formula is C11H18N2OS. The van der Waals surface area contributed by atoms with Crippen LogP contribution < -0.4 is 5.32 Å². The number of carbonyl (C=O) groups excluding carboxylic acids is 1. The molecule has 15 heavy (non-hydrogen) atoms. The molecule has 0 bridgehead atoms. The van der Waals surface area contributed by atoms with E-state index in [2.05, 4.69) is 18.3 Å². The van der Waals surface area contributed by atoms with E-state index in [0.29, 0.717) is 6.42 Å². The lowest BCUT2D eigenvalue weighted by Crippen LogP contribution is -2.31. The Balaban J connectivity index is 2.52. The van der Waals surface area contributed by atoms with Gasteiger partial charge in [0.1, 0.15) is 0 Å². The van der Waals surface area contributed by atoms with Crippen LogP contribution in [0, 0.1) is 0 Å². The van der Waals surface area contributed by atoms with Crippen molar-refractivity contribution in [3.63, 3.8) is 0 Å². The van der Waals surface area contributed by atoms with E-state index < -0.39 is 0 Å². The number of rotatable bonds is 5. The Kier molecular flexibility index (Phi) is 4.78. The van der Waals surface area contributed by atoms with Crippen LogP contribution >= 0.6 is 11.3 Å². The molecule has 3 nitrogen and oxygen atoms in total. The summed E-state index contributed by atoms with van der Waals surface area (Å²) < 4.78 is 0. The van der Waals surface area contributed by atoms with Crippen molar-refractivity contribution in [3.05, 3.63) is 22.4 Å². The van der Waals surface area contributed by atoms with Crippen molar-refractivity contribution in [3.8, 4) is 0 Å². The second kappa shape index (κ2) is 5.88. The Bertz CT molecular complexity index is 298. The van der Waals surface area contributed by atoms with Crippen molar-refractivity contribution in [2.75, 3.05) is 20.6 Å².